The summed E-state index contributed by atoms with van der Waals surface area (Å²) in [6.07, 6.45) is 24.6. The summed E-state index contributed by atoms with van der Waals surface area (Å²) in [5.41, 5.74) is 3.15. The van der Waals surface area contributed by atoms with E-state index in [-0.39, 0.29) is 0 Å². The first-order chi connectivity index (χ1) is 15.3. The molecule has 0 aliphatic heterocycles. The van der Waals surface area contributed by atoms with Crippen LogP contribution in [-0.4, -0.2) is 6.61 Å². The lowest BCUT2D eigenvalue weighted by molar-refractivity contribution is 0.0690. The first-order valence-corrected chi connectivity index (χ1v) is 13.6. The third-order valence-corrected chi connectivity index (χ3v) is 8.92. The Labute approximate surface area is 192 Å². The van der Waals surface area contributed by atoms with Crippen LogP contribution in [-0.2, 0) is 12.8 Å². The van der Waals surface area contributed by atoms with Crippen LogP contribution < -0.4 is 4.74 Å². The molecule has 0 saturated heterocycles. The van der Waals surface area contributed by atoms with Crippen LogP contribution in [0.4, 0.5) is 0 Å². The van der Waals surface area contributed by atoms with Gasteiger partial charge in [-0.1, -0.05) is 63.7 Å². The maximum absolute atomic E-state index is 5.87. The van der Waals surface area contributed by atoms with Crippen molar-refractivity contribution in [2.45, 2.75) is 104 Å². The molecular weight excluding hydrogens is 376 g/mol. The Morgan fingerprint density at radius 2 is 1.68 bits per heavy atom. The van der Waals surface area contributed by atoms with Crippen molar-refractivity contribution in [2.24, 2.45) is 29.6 Å². The Hall–Kier alpha value is -1.24. The molecule has 4 rings (SSSR count). The number of rotatable bonds is 9. The topological polar surface area (TPSA) is 9.23 Å². The van der Waals surface area contributed by atoms with Crippen LogP contribution in [0.25, 0.3) is 0 Å². The zero-order valence-corrected chi connectivity index (χ0v) is 20.3. The second kappa shape index (κ2) is 11.6. The SMILES string of the molecule is C/C=C/COc1ccc2c(c1)CCC(C1CCC3CC(CCCCCC)CCC3C1)C2. The molecule has 1 nitrogen and oxygen atoms in total. The van der Waals surface area contributed by atoms with Crippen LogP contribution in [0.15, 0.2) is 30.4 Å². The number of allylic oxidation sites excluding steroid dienone is 1. The lowest BCUT2D eigenvalue weighted by Gasteiger charge is -2.45. The van der Waals surface area contributed by atoms with Crippen LogP contribution in [0.3, 0.4) is 0 Å². The van der Waals surface area contributed by atoms with E-state index in [0.29, 0.717) is 6.61 Å². The van der Waals surface area contributed by atoms with Crippen LogP contribution in [0, 0.1) is 29.6 Å². The minimum atomic E-state index is 0.683. The van der Waals surface area contributed by atoms with Gasteiger partial charge < -0.3 is 4.74 Å². The van der Waals surface area contributed by atoms with Gasteiger partial charge >= 0.3 is 0 Å². The van der Waals surface area contributed by atoms with E-state index in [0.717, 1.165) is 35.3 Å². The number of unbranched alkanes of at least 4 members (excludes halogenated alkanes) is 3. The minimum Gasteiger partial charge on any atom is -0.490 e. The molecular formula is C30H46O. The molecule has 3 aliphatic rings. The van der Waals surface area contributed by atoms with E-state index >= 15 is 0 Å². The van der Waals surface area contributed by atoms with Gasteiger partial charge in [0, 0.05) is 0 Å². The molecule has 5 atom stereocenters. The summed E-state index contributed by atoms with van der Waals surface area (Å²) in [7, 11) is 0. The lowest BCUT2D eigenvalue weighted by atomic mass is 9.61. The minimum absolute atomic E-state index is 0.683. The highest BCUT2D eigenvalue weighted by atomic mass is 16.5. The highest BCUT2D eigenvalue weighted by molar-refractivity contribution is 5.37. The molecule has 2 fully saturated rings. The lowest BCUT2D eigenvalue weighted by Crippen LogP contribution is -2.35. The largest absolute Gasteiger partial charge is 0.490 e. The molecule has 2 saturated carbocycles. The molecule has 0 N–H and O–H groups in total. The fourth-order valence-electron chi connectivity index (χ4n) is 7.07. The van der Waals surface area contributed by atoms with E-state index in [1.807, 2.05) is 6.92 Å². The van der Waals surface area contributed by atoms with Gasteiger partial charge in [-0.25, -0.2) is 0 Å². The Kier molecular flexibility index (Phi) is 8.56. The average Bonchev–Trinajstić information content (AvgIpc) is 2.81. The highest BCUT2D eigenvalue weighted by Gasteiger charge is 2.38. The van der Waals surface area contributed by atoms with Gasteiger partial charge in [0.2, 0.25) is 0 Å². The summed E-state index contributed by atoms with van der Waals surface area (Å²) in [4.78, 5) is 0. The Bertz CT molecular complexity index is 704. The van der Waals surface area contributed by atoms with Crippen molar-refractivity contribution in [3.05, 3.63) is 41.5 Å². The summed E-state index contributed by atoms with van der Waals surface area (Å²) < 4.78 is 5.87. The molecule has 0 bridgehead atoms. The van der Waals surface area contributed by atoms with E-state index in [1.165, 1.54) is 83.5 Å². The molecule has 1 aromatic rings. The average molecular weight is 423 g/mol. The van der Waals surface area contributed by atoms with Crippen LogP contribution in [0.1, 0.15) is 102 Å². The van der Waals surface area contributed by atoms with Gasteiger partial charge in [-0.2, -0.15) is 0 Å². The number of hydrogen-bond acceptors (Lipinski definition) is 1. The summed E-state index contributed by atoms with van der Waals surface area (Å²) >= 11 is 0. The summed E-state index contributed by atoms with van der Waals surface area (Å²) in [6.45, 7) is 5.05. The quantitative estimate of drug-likeness (QED) is 0.286. The maximum Gasteiger partial charge on any atom is 0.120 e. The molecule has 0 heterocycles. The van der Waals surface area contributed by atoms with Crippen molar-refractivity contribution < 1.29 is 4.74 Å². The summed E-state index contributed by atoms with van der Waals surface area (Å²) in [5.74, 6) is 6.13. The van der Waals surface area contributed by atoms with Gasteiger partial charge in [-0.05, 0) is 111 Å². The first-order valence-electron chi connectivity index (χ1n) is 13.6. The van der Waals surface area contributed by atoms with Gasteiger partial charge in [0.05, 0.1) is 0 Å². The zero-order valence-electron chi connectivity index (χ0n) is 20.3. The Morgan fingerprint density at radius 1 is 0.871 bits per heavy atom. The van der Waals surface area contributed by atoms with Gasteiger partial charge in [0.15, 0.2) is 0 Å². The predicted molar refractivity (Wildman–Crippen MR) is 133 cm³/mol. The molecule has 0 spiro atoms. The number of hydrogen-bond donors (Lipinski definition) is 0. The van der Waals surface area contributed by atoms with E-state index in [9.17, 15) is 0 Å². The number of aryl methyl sites for hydroxylation is 1. The summed E-state index contributed by atoms with van der Waals surface area (Å²) in [6, 6.07) is 6.87. The number of benzene rings is 1. The summed E-state index contributed by atoms with van der Waals surface area (Å²) in [5, 5.41) is 0. The predicted octanol–water partition coefficient (Wildman–Crippen LogP) is 8.55. The number of fused-ring (bicyclic) bond motifs is 2. The van der Waals surface area contributed by atoms with Gasteiger partial charge in [-0.3, -0.25) is 0 Å². The second-order valence-electron chi connectivity index (χ2n) is 10.9. The van der Waals surface area contributed by atoms with Crippen molar-refractivity contribution in [3.8, 4) is 5.75 Å². The normalized spacial score (nSPS) is 30.7. The van der Waals surface area contributed by atoms with Crippen molar-refractivity contribution in [3.63, 3.8) is 0 Å². The molecule has 31 heavy (non-hydrogen) atoms. The second-order valence-corrected chi connectivity index (χ2v) is 10.9. The van der Waals surface area contributed by atoms with Crippen molar-refractivity contribution in [1.82, 2.24) is 0 Å². The molecule has 0 radical (unpaired) electrons. The van der Waals surface area contributed by atoms with Crippen LogP contribution in [0.5, 0.6) is 5.75 Å². The number of ether oxygens (including phenoxy) is 1. The van der Waals surface area contributed by atoms with Crippen molar-refractivity contribution >= 4 is 0 Å². The third-order valence-electron chi connectivity index (χ3n) is 8.92. The standard InChI is InChI=1S/C30H46O/c1-3-5-7-8-9-23-10-11-25-20-26(13-12-24(25)19-23)27-14-15-29-22-30(31-18-6-4-2)17-16-28(29)21-27/h4,6,16-17,22-27H,3,5,7-15,18-21H2,1-2H3/b6-4+. The van der Waals surface area contributed by atoms with E-state index in [4.69, 9.17) is 4.74 Å². The highest BCUT2D eigenvalue weighted by Crippen LogP contribution is 2.49. The van der Waals surface area contributed by atoms with Gasteiger partial charge in [0.25, 0.3) is 0 Å². The molecule has 1 heteroatoms. The van der Waals surface area contributed by atoms with E-state index < -0.39 is 0 Å². The molecule has 172 valence electrons. The third kappa shape index (κ3) is 6.17. The zero-order chi connectivity index (χ0) is 21.5. The van der Waals surface area contributed by atoms with E-state index in [2.05, 4.69) is 37.3 Å². The van der Waals surface area contributed by atoms with Crippen LogP contribution >= 0.6 is 0 Å². The fraction of sp³-hybridized carbons (Fsp3) is 0.733. The fourth-order valence-corrected chi connectivity index (χ4v) is 7.07. The van der Waals surface area contributed by atoms with Gasteiger partial charge in [-0.15, -0.1) is 0 Å². The monoisotopic (exact) mass is 422 g/mol. The first kappa shape index (κ1) is 22.9. The van der Waals surface area contributed by atoms with Crippen molar-refractivity contribution in [1.29, 1.82) is 0 Å². The molecule has 5 unspecified atom stereocenters. The molecule has 1 aromatic carbocycles. The maximum atomic E-state index is 5.87. The van der Waals surface area contributed by atoms with Crippen LogP contribution in [0.2, 0.25) is 0 Å². The van der Waals surface area contributed by atoms with E-state index in [1.54, 1.807) is 17.5 Å². The molecule has 0 aromatic heterocycles. The molecule has 3 aliphatic carbocycles. The molecule has 0 amide bonds. The Morgan fingerprint density at radius 3 is 2.52 bits per heavy atom. The van der Waals surface area contributed by atoms with Gasteiger partial charge in [0.1, 0.15) is 12.4 Å². The van der Waals surface area contributed by atoms with Crippen molar-refractivity contribution in [2.75, 3.05) is 6.61 Å². The Balaban J connectivity index is 1.25. The smallest absolute Gasteiger partial charge is 0.120 e.